The van der Waals surface area contributed by atoms with Crippen molar-refractivity contribution in [2.45, 2.75) is 25.8 Å². The maximum atomic E-state index is 13.4. The first-order chi connectivity index (χ1) is 15.0. The number of nitrogens with two attached hydrogens (primary N) is 1. The van der Waals surface area contributed by atoms with Crippen LogP contribution in [-0.4, -0.2) is 41.4 Å². The minimum atomic E-state index is -0.468. The molecule has 2 aromatic carbocycles. The van der Waals surface area contributed by atoms with Crippen LogP contribution in [0, 0.1) is 5.82 Å². The van der Waals surface area contributed by atoms with Gasteiger partial charge in [0.25, 0.3) is 0 Å². The Bertz CT molecular complexity index is 1050. The Labute approximate surface area is 184 Å². The smallest absolute Gasteiger partial charge is 0.206 e. The van der Waals surface area contributed by atoms with E-state index in [1.54, 1.807) is 6.07 Å². The number of thiazole rings is 1. The third-order valence-electron chi connectivity index (χ3n) is 5.31. The highest BCUT2D eigenvalue weighted by Gasteiger charge is 2.19. The molecule has 0 spiro atoms. The molecule has 0 saturated carbocycles. The van der Waals surface area contributed by atoms with Gasteiger partial charge in [-0.25, -0.2) is 9.37 Å². The predicted octanol–water partition coefficient (Wildman–Crippen LogP) is 4.70. The second kappa shape index (κ2) is 9.45. The molecule has 0 aliphatic carbocycles. The van der Waals surface area contributed by atoms with Gasteiger partial charge in [0.1, 0.15) is 28.9 Å². The predicted molar refractivity (Wildman–Crippen MR) is 122 cm³/mol. The van der Waals surface area contributed by atoms with Crippen LogP contribution < -0.4 is 15.8 Å². The molecule has 0 bridgehead atoms. The molecule has 0 radical (unpaired) electrons. The Balaban J connectivity index is 1.37. The topological polar surface area (TPSA) is 80.5 Å². The lowest BCUT2D eigenvalue weighted by Gasteiger charge is -2.23. The van der Waals surface area contributed by atoms with Crippen molar-refractivity contribution in [2.24, 2.45) is 0 Å². The fourth-order valence-electron chi connectivity index (χ4n) is 3.57. The zero-order valence-corrected chi connectivity index (χ0v) is 18.1. The Morgan fingerprint density at radius 3 is 2.71 bits per heavy atom. The van der Waals surface area contributed by atoms with Gasteiger partial charge in [-0.05, 0) is 69.3 Å². The molecular formula is C23H25FN4O2S. The third kappa shape index (κ3) is 5.21. The van der Waals surface area contributed by atoms with Crippen LogP contribution in [0.4, 0.5) is 21.0 Å². The number of aromatic nitrogens is 1. The molecule has 3 N–H and O–H groups in total. The summed E-state index contributed by atoms with van der Waals surface area (Å²) in [4.78, 5) is 19.6. The van der Waals surface area contributed by atoms with Gasteiger partial charge >= 0.3 is 0 Å². The Hall–Kier alpha value is -2.97. The number of halogens is 1. The number of benzene rings is 2. The molecule has 0 amide bonds. The molecule has 3 aromatic rings. The minimum absolute atomic E-state index is 0.123. The highest BCUT2D eigenvalue weighted by atomic mass is 32.1. The van der Waals surface area contributed by atoms with E-state index in [2.05, 4.69) is 22.1 Å². The molecule has 1 aliphatic rings. The normalized spacial score (nSPS) is 15.0. The molecule has 1 atom stereocenters. The summed E-state index contributed by atoms with van der Waals surface area (Å²) < 4.78 is 19.3. The number of carbonyl (C=O) groups excluding carboxylic acids is 1. The van der Waals surface area contributed by atoms with E-state index < -0.39 is 5.82 Å². The fraction of sp³-hybridized carbons (Fsp3) is 0.304. The Morgan fingerprint density at radius 2 is 2.00 bits per heavy atom. The van der Waals surface area contributed by atoms with Crippen LogP contribution in [-0.2, 0) is 0 Å². The largest absolute Gasteiger partial charge is 0.492 e. The number of anilines is 3. The quantitative estimate of drug-likeness (QED) is 0.494. The van der Waals surface area contributed by atoms with Crippen molar-refractivity contribution in [1.29, 1.82) is 0 Å². The minimum Gasteiger partial charge on any atom is -0.492 e. The SMILES string of the molecule is CC(COc1ccc(Nc2nc(N)c(C(=O)c3cccc(F)c3)s2)cc1)N1CCCC1. The van der Waals surface area contributed by atoms with Crippen molar-refractivity contribution < 1.29 is 13.9 Å². The molecule has 1 aromatic heterocycles. The average molecular weight is 441 g/mol. The summed E-state index contributed by atoms with van der Waals surface area (Å²) in [6.45, 7) is 5.14. The average Bonchev–Trinajstić information content (AvgIpc) is 3.43. The molecule has 1 unspecified atom stereocenters. The summed E-state index contributed by atoms with van der Waals surface area (Å²) in [6, 6.07) is 13.5. The van der Waals surface area contributed by atoms with Crippen molar-refractivity contribution in [1.82, 2.24) is 9.88 Å². The number of nitrogens with zero attached hydrogens (tertiary/aromatic N) is 2. The molecule has 31 heavy (non-hydrogen) atoms. The van der Waals surface area contributed by atoms with Crippen LogP contribution in [0.25, 0.3) is 0 Å². The number of carbonyl (C=O) groups is 1. The van der Waals surface area contributed by atoms with E-state index >= 15 is 0 Å². The fourth-order valence-corrected chi connectivity index (χ4v) is 4.44. The number of hydrogen-bond donors (Lipinski definition) is 2. The van der Waals surface area contributed by atoms with Crippen LogP contribution in [0.2, 0.25) is 0 Å². The van der Waals surface area contributed by atoms with Crippen LogP contribution in [0.3, 0.4) is 0 Å². The number of hydrogen-bond acceptors (Lipinski definition) is 7. The molecule has 1 fully saturated rings. The van der Waals surface area contributed by atoms with Crippen molar-refractivity contribution in [2.75, 3.05) is 30.7 Å². The van der Waals surface area contributed by atoms with Crippen molar-refractivity contribution >= 4 is 33.8 Å². The van der Waals surface area contributed by atoms with E-state index in [-0.39, 0.29) is 22.0 Å². The monoisotopic (exact) mass is 440 g/mol. The van der Waals surface area contributed by atoms with Gasteiger partial charge in [0.2, 0.25) is 5.78 Å². The van der Waals surface area contributed by atoms with Crippen molar-refractivity contribution in [3.63, 3.8) is 0 Å². The molecule has 1 saturated heterocycles. The maximum Gasteiger partial charge on any atom is 0.206 e. The van der Waals surface area contributed by atoms with E-state index in [4.69, 9.17) is 10.5 Å². The number of nitrogens with one attached hydrogen (secondary N) is 1. The van der Waals surface area contributed by atoms with Crippen LogP contribution in [0.1, 0.15) is 35.0 Å². The second-order valence-electron chi connectivity index (χ2n) is 7.63. The van der Waals surface area contributed by atoms with Crippen LogP contribution >= 0.6 is 11.3 Å². The van der Waals surface area contributed by atoms with Gasteiger partial charge in [-0.2, -0.15) is 0 Å². The number of ether oxygens (including phenoxy) is 1. The first kappa shape index (κ1) is 21.3. The first-order valence-electron chi connectivity index (χ1n) is 10.3. The zero-order valence-electron chi connectivity index (χ0n) is 17.3. The van der Waals surface area contributed by atoms with Gasteiger partial charge in [0, 0.05) is 17.3 Å². The number of ketones is 1. The summed E-state index contributed by atoms with van der Waals surface area (Å²) >= 11 is 1.14. The van der Waals surface area contributed by atoms with Crippen molar-refractivity contribution in [3.05, 3.63) is 64.8 Å². The number of nitrogen functional groups attached to an aromatic ring is 1. The molecule has 8 heteroatoms. The van der Waals surface area contributed by atoms with Crippen LogP contribution in [0.15, 0.2) is 48.5 Å². The highest BCUT2D eigenvalue weighted by molar-refractivity contribution is 7.18. The van der Waals surface area contributed by atoms with Crippen molar-refractivity contribution in [3.8, 4) is 5.75 Å². The molecule has 162 valence electrons. The lowest BCUT2D eigenvalue weighted by atomic mass is 10.1. The Morgan fingerprint density at radius 1 is 1.26 bits per heavy atom. The van der Waals surface area contributed by atoms with E-state index in [0.717, 1.165) is 35.9 Å². The van der Waals surface area contributed by atoms with Gasteiger partial charge < -0.3 is 15.8 Å². The van der Waals surface area contributed by atoms with E-state index in [9.17, 15) is 9.18 Å². The van der Waals surface area contributed by atoms with Crippen LogP contribution in [0.5, 0.6) is 5.75 Å². The molecule has 1 aliphatic heterocycles. The summed E-state index contributed by atoms with van der Waals surface area (Å²) in [7, 11) is 0. The standard InChI is InChI=1S/C23H25FN4O2S/c1-15(28-11-2-3-12-28)14-30-19-9-7-18(8-10-19)26-23-27-22(25)21(31-23)20(29)16-5-4-6-17(24)13-16/h4-10,13,15H,2-3,11-12,14,25H2,1H3,(H,26,27). The number of rotatable bonds is 8. The van der Waals surface area contributed by atoms with Gasteiger partial charge in [-0.3, -0.25) is 9.69 Å². The summed E-state index contributed by atoms with van der Waals surface area (Å²) in [5.74, 6) is 0.109. The van der Waals surface area contributed by atoms with E-state index in [0.29, 0.717) is 17.8 Å². The van der Waals surface area contributed by atoms with Gasteiger partial charge in [-0.15, -0.1) is 0 Å². The Kier molecular flexibility index (Phi) is 6.48. The molecule has 4 rings (SSSR count). The summed E-state index contributed by atoms with van der Waals surface area (Å²) in [6.07, 6.45) is 2.53. The first-order valence-corrected chi connectivity index (χ1v) is 11.1. The highest BCUT2D eigenvalue weighted by Crippen LogP contribution is 2.30. The third-order valence-corrected chi connectivity index (χ3v) is 6.29. The lowest BCUT2D eigenvalue weighted by molar-refractivity contribution is 0.104. The van der Waals surface area contributed by atoms with Gasteiger partial charge in [-0.1, -0.05) is 23.5 Å². The van der Waals surface area contributed by atoms with E-state index in [1.807, 2.05) is 24.3 Å². The summed E-state index contributed by atoms with van der Waals surface area (Å²) in [5, 5.41) is 3.65. The molecule has 6 nitrogen and oxygen atoms in total. The summed E-state index contributed by atoms with van der Waals surface area (Å²) in [5.41, 5.74) is 6.98. The zero-order chi connectivity index (χ0) is 21.8. The van der Waals surface area contributed by atoms with Gasteiger partial charge in [0.05, 0.1) is 0 Å². The lowest BCUT2D eigenvalue weighted by Crippen LogP contribution is -2.34. The molecular weight excluding hydrogens is 415 g/mol. The molecule has 2 heterocycles. The van der Waals surface area contributed by atoms with Gasteiger partial charge in [0.15, 0.2) is 5.13 Å². The second-order valence-corrected chi connectivity index (χ2v) is 8.62. The van der Waals surface area contributed by atoms with E-state index in [1.165, 1.54) is 31.0 Å². The maximum absolute atomic E-state index is 13.4. The number of likely N-dealkylation sites (tertiary alicyclic amines) is 1.